The minimum absolute atomic E-state index is 1.11. The van der Waals surface area contributed by atoms with Gasteiger partial charge in [0.2, 0.25) is 0 Å². The summed E-state index contributed by atoms with van der Waals surface area (Å²) in [6.07, 6.45) is 0. The zero-order chi connectivity index (χ0) is 8.58. The number of hydrogen-bond donors (Lipinski definition) is 0. The first-order valence-corrected chi connectivity index (χ1v) is 10.7. The number of rotatable bonds is 2. The van der Waals surface area contributed by atoms with Crippen molar-refractivity contribution in [1.82, 2.24) is 0 Å². The summed E-state index contributed by atoms with van der Waals surface area (Å²) in [6.45, 7) is 18.2. The summed E-state index contributed by atoms with van der Waals surface area (Å²) in [6, 6.07) is 0. The molecule has 0 aliphatic carbocycles. The van der Waals surface area contributed by atoms with Gasteiger partial charge in [-0.1, -0.05) is 0 Å². The van der Waals surface area contributed by atoms with Gasteiger partial charge in [-0.2, -0.15) is 0 Å². The summed E-state index contributed by atoms with van der Waals surface area (Å²) in [5.41, 5.74) is 0. The van der Waals surface area contributed by atoms with Crippen molar-refractivity contribution in [3.63, 3.8) is 0 Å². The lowest BCUT2D eigenvalue weighted by Gasteiger charge is -2.24. The molecule has 0 spiro atoms. The van der Waals surface area contributed by atoms with E-state index in [0.29, 0.717) is 0 Å². The van der Waals surface area contributed by atoms with Gasteiger partial charge >= 0.3 is 16.5 Å². The lowest BCUT2D eigenvalue weighted by atomic mass is 11.7. The van der Waals surface area contributed by atoms with Crippen molar-refractivity contribution in [2.45, 2.75) is 39.3 Å². The van der Waals surface area contributed by atoms with Crippen LogP contribution in [0.15, 0.2) is 0 Å². The van der Waals surface area contributed by atoms with Crippen LogP contribution in [-0.2, 0) is 0 Å². The Kier molecular flexibility index (Phi) is 2.65. The molecule has 0 aromatic carbocycles. The van der Waals surface area contributed by atoms with E-state index in [1.807, 2.05) is 0 Å². The van der Waals surface area contributed by atoms with Crippen LogP contribution in [0.25, 0.3) is 0 Å². The molecule has 0 aromatic heterocycles. The highest BCUT2D eigenvalue weighted by molar-refractivity contribution is 6.81. The molecule has 0 atom stereocenters. The Morgan fingerprint density at radius 1 is 0.800 bits per heavy atom. The zero-order valence-corrected chi connectivity index (χ0v) is 10.2. The van der Waals surface area contributed by atoms with E-state index >= 15 is 0 Å². The lowest BCUT2D eigenvalue weighted by Crippen LogP contribution is -2.51. The Hall–Kier alpha value is 0.104. The van der Waals surface area contributed by atoms with E-state index in [9.17, 15) is 0 Å². The van der Waals surface area contributed by atoms with Crippen LogP contribution in [-0.4, -0.2) is 27.1 Å². The lowest BCUT2D eigenvalue weighted by molar-refractivity contribution is -0.237. The van der Waals surface area contributed by atoms with Gasteiger partial charge in [0.1, 0.15) is 0 Å². The van der Waals surface area contributed by atoms with Gasteiger partial charge in [0.05, 0.1) is 6.72 Å². The van der Waals surface area contributed by atoms with Gasteiger partial charge in [-0.25, -0.2) is 0 Å². The molecule has 0 rings (SSSR count). The van der Waals surface area contributed by atoms with Crippen molar-refractivity contribution < 1.29 is 3.91 Å². The summed E-state index contributed by atoms with van der Waals surface area (Å²) in [4.78, 5) is 0. The highest BCUT2D eigenvalue weighted by Crippen LogP contribution is 2.11. The van der Waals surface area contributed by atoms with Crippen LogP contribution >= 0.6 is 0 Å². The SMILES string of the molecule is C=[N+]([Si](C)(C)C)[Si](C)(C)C. The third kappa shape index (κ3) is 2.79. The van der Waals surface area contributed by atoms with Gasteiger partial charge in [0, 0.05) is 0 Å². The standard InChI is InChI=1S/C7H20NSi2/c1-8(9(2,3)4)10(5,6)7/h1H2,2-7H3/q+1. The maximum atomic E-state index is 4.14. The molecule has 0 aliphatic heterocycles. The smallest absolute Gasteiger partial charge is 0.327 e. The minimum atomic E-state index is -1.11. The van der Waals surface area contributed by atoms with Crippen molar-refractivity contribution in [2.24, 2.45) is 0 Å². The number of hydrogen-bond acceptors (Lipinski definition) is 0. The van der Waals surface area contributed by atoms with Crippen molar-refractivity contribution >= 4 is 23.2 Å². The fraction of sp³-hybridized carbons (Fsp3) is 0.857. The molecular formula is C7H20NSi2+. The van der Waals surface area contributed by atoms with Crippen molar-refractivity contribution in [1.29, 1.82) is 0 Å². The molecule has 0 fully saturated rings. The summed E-state index contributed by atoms with van der Waals surface area (Å²) < 4.78 is 2.40. The Morgan fingerprint density at radius 3 is 1.00 bits per heavy atom. The molecule has 0 aromatic rings. The zero-order valence-electron chi connectivity index (χ0n) is 8.15. The second kappa shape index (κ2) is 2.62. The molecule has 3 heteroatoms. The third-order valence-electron chi connectivity index (χ3n) is 1.62. The van der Waals surface area contributed by atoms with Gasteiger partial charge in [-0.15, -0.1) is 0 Å². The van der Waals surface area contributed by atoms with E-state index in [1.54, 1.807) is 0 Å². The summed E-state index contributed by atoms with van der Waals surface area (Å²) in [7, 11) is -2.22. The van der Waals surface area contributed by atoms with Crippen molar-refractivity contribution in [3.8, 4) is 0 Å². The van der Waals surface area contributed by atoms with Crippen LogP contribution in [0.3, 0.4) is 0 Å². The molecule has 0 saturated carbocycles. The molecule has 0 N–H and O–H groups in total. The molecule has 0 bridgehead atoms. The molecular weight excluding hydrogens is 154 g/mol. The maximum absolute atomic E-state index is 4.14. The first-order valence-electron chi connectivity index (χ1n) is 3.76. The quantitative estimate of drug-likeness (QED) is 0.447. The summed E-state index contributed by atoms with van der Waals surface area (Å²) in [5.74, 6) is 0. The molecule has 1 nitrogen and oxygen atoms in total. The van der Waals surface area contributed by atoms with Crippen molar-refractivity contribution in [3.05, 3.63) is 0 Å². The minimum Gasteiger partial charge on any atom is -0.395 e. The molecule has 0 radical (unpaired) electrons. The molecule has 10 heavy (non-hydrogen) atoms. The van der Waals surface area contributed by atoms with Crippen LogP contribution < -0.4 is 0 Å². The van der Waals surface area contributed by atoms with Crippen LogP contribution in [0.2, 0.25) is 39.3 Å². The van der Waals surface area contributed by atoms with Crippen LogP contribution in [0.1, 0.15) is 0 Å². The van der Waals surface area contributed by atoms with E-state index in [-0.39, 0.29) is 0 Å². The molecule has 0 heterocycles. The first-order chi connectivity index (χ1) is 4.15. The van der Waals surface area contributed by atoms with E-state index in [2.05, 4.69) is 49.9 Å². The van der Waals surface area contributed by atoms with E-state index in [0.717, 1.165) is 0 Å². The highest BCUT2D eigenvalue weighted by atomic mass is 28.4. The first kappa shape index (κ1) is 10.1. The van der Waals surface area contributed by atoms with Crippen LogP contribution in [0.5, 0.6) is 0 Å². The van der Waals surface area contributed by atoms with Gasteiger partial charge < -0.3 is 3.91 Å². The summed E-state index contributed by atoms with van der Waals surface area (Å²) in [5, 5.41) is 0. The second-order valence-electron chi connectivity index (χ2n) is 4.77. The fourth-order valence-corrected chi connectivity index (χ4v) is 9.06. The van der Waals surface area contributed by atoms with Crippen molar-refractivity contribution in [2.75, 3.05) is 0 Å². The maximum Gasteiger partial charge on any atom is 0.327 e. The van der Waals surface area contributed by atoms with Crippen LogP contribution in [0, 0.1) is 0 Å². The predicted molar refractivity (Wildman–Crippen MR) is 54.1 cm³/mol. The van der Waals surface area contributed by atoms with Gasteiger partial charge in [0.15, 0.2) is 0 Å². The Bertz CT molecular complexity index is 123. The Labute approximate surface area is 67.0 Å². The van der Waals surface area contributed by atoms with Gasteiger partial charge in [0.25, 0.3) is 0 Å². The molecule has 0 unspecified atom stereocenters. The number of nitrogens with zero attached hydrogens (tertiary/aromatic N) is 1. The predicted octanol–water partition coefficient (Wildman–Crippen LogP) is 2.37. The van der Waals surface area contributed by atoms with Crippen LogP contribution in [0.4, 0.5) is 0 Å². The average molecular weight is 174 g/mol. The topological polar surface area (TPSA) is 3.01 Å². The average Bonchev–Trinajstić information content (AvgIpc) is 1.59. The monoisotopic (exact) mass is 174 g/mol. The second-order valence-corrected chi connectivity index (χ2v) is 15.0. The molecule has 0 aliphatic rings. The summed E-state index contributed by atoms with van der Waals surface area (Å²) >= 11 is 0. The molecule has 0 saturated heterocycles. The fourth-order valence-electron chi connectivity index (χ4n) is 1.01. The van der Waals surface area contributed by atoms with Gasteiger partial charge in [-0.3, -0.25) is 0 Å². The third-order valence-corrected chi connectivity index (χ3v) is 8.88. The Morgan fingerprint density at radius 2 is 1.00 bits per heavy atom. The van der Waals surface area contributed by atoms with E-state index in [1.165, 1.54) is 0 Å². The Balaban J connectivity index is 4.40. The normalized spacial score (nSPS) is 13.4. The van der Waals surface area contributed by atoms with E-state index in [4.69, 9.17) is 0 Å². The highest BCUT2D eigenvalue weighted by Gasteiger charge is 2.38. The van der Waals surface area contributed by atoms with E-state index < -0.39 is 16.5 Å². The van der Waals surface area contributed by atoms with Gasteiger partial charge in [-0.05, 0) is 39.3 Å². The molecule has 60 valence electrons. The molecule has 0 amide bonds. The largest absolute Gasteiger partial charge is 0.395 e.